The molecule has 0 aromatic carbocycles. The number of hydrogen-bond donors (Lipinski definition) is 2. The minimum atomic E-state index is -1.13. The van der Waals surface area contributed by atoms with Crippen LogP contribution in [0.1, 0.15) is 53.4 Å². The Bertz CT molecular complexity index is 605. The predicted molar refractivity (Wildman–Crippen MR) is 97.8 cm³/mol. The summed E-state index contributed by atoms with van der Waals surface area (Å²) in [6, 6.07) is 0. The molecule has 8 nitrogen and oxygen atoms in total. The van der Waals surface area contributed by atoms with E-state index in [1.165, 1.54) is 4.90 Å². The van der Waals surface area contributed by atoms with Crippen LogP contribution in [0.3, 0.4) is 0 Å². The van der Waals surface area contributed by atoms with Crippen LogP contribution in [0.15, 0.2) is 0 Å². The van der Waals surface area contributed by atoms with Gasteiger partial charge in [-0.2, -0.15) is 0 Å². The highest BCUT2D eigenvalue weighted by atomic mass is 17.1. The van der Waals surface area contributed by atoms with Gasteiger partial charge in [0.05, 0.1) is 18.7 Å². The molecule has 0 unspecified atom stereocenters. The molecule has 8 atom stereocenters. The van der Waals surface area contributed by atoms with E-state index in [0.29, 0.717) is 24.2 Å². The van der Waals surface area contributed by atoms with Gasteiger partial charge in [0.15, 0.2) is 6.29 Å². The van der Waals surface area contributed by atoms with Gasteiger partial charge in [0.25, 0.3) is 0 Å². The summed E-state index contributed by atoms with van der Waals surface area (Å²) in [5, 5.41) is 19.3. The van der Waals surface area contributed by atoms with Crippen LogP contribution >= 0.6 is 0 Å². The Kier molecular flexibility index (Phi) is 5.15. The lowest BCUT2D eigenvalue weighted by Crippen LogP contribution is -2.63. The lowest BCUT2D eigenvalue weighted by Gasteiger charge is -2.52. The number of likely N-dealkylation sites (tertiary alicyclic amines) is 1. The number of aliphatic hydroxyl groups is 1. The van der Waals surface area contributed by atoms with Crippen LogP contribution in [0.25, 0.3) is 0 Å². The minimum Gasteiger partial charge on any atom is -0.419 e. The van der Waals surface area contributed by atoms with Crippen molar-refractivity contribution in [2.45, 2.75) is 77.3 Å². The first-order valence-corrected chi connectivity index (χ1v) is 10.5. The molecule has 1 amide bonds. The second kappa shape index (κ2) is 7.09. The summed E-state index contributed by atoms with van der Waals surface area (Å²) in [5.74, 6) is 0.396. The number of amides is 1. The Morgan fingerprint density at radius 2 is 1.86 bits per heavy atom. The summed E-state index contributed by atoms with van der Waals surface area (Å²) in [7, 11) is 0. The molecule has 3 aliphatic heterocycles. The summed E-state index contributed by atoms with van der Waals surface area (Å²) in [6.07, 6.45) is 1.86. The van der Waals surface area contributed by atoms with Crippen molar-refractivity contribution in [3.63, 3.8) is 0 Å². The highest BCUT2D eigenvalue weighted by Gasteiger charge is 2.56. The van der Waals surface area contributed by atoms with E-state index in [4.69, 9.17) is 14.2 Å². The van der Waals surface area contributed by atoms with Gasteiger partial charge in [-0.05, 0) is 44.4 Å². The van der Waals surface area contributed by atoms with Gasteiger partial charge in [0, 0.05) is 18.3 Å². The highest BCUT2D eigenvalue weighted by Crippen LogP contribution is 2.53. The molecule has 1 saturated carbocycles. The molecule has 4 fully saturated rings. The van der Waals surface area contributed by atoms with Crippen LogP contribution in [0.4, 0.5) is 4.79 Å². The van der Waals surface area contributed by atoms with Crippen LogP contribution in [0.5, 0.6) is 0 Å². The molecule has 0 spiro atoms. The normalized spacial score (nSPS) is 47.5. The Labute approximate surface area is 166 Å². The Hall–Kier alpha value is -0.930. The van der Waals surface area contributed by atoms with E-state index in [-0.39, 0.29) is 24.9 Å². The zero-order chi connectivity index (χ0) is 20.3. The van der Waals surface area contributed by atoms with Crippen LogP contribution in [0.2, 0.25) is 0 Å². The van der Waals surface area contributed by atoms with Crippen molar-refractivity contribution in [1.29, 1.82) is 0 Å². The SMILES string of the molecule is C[C@H]1[C@@H](OC(=O)N2CC(C)(O)C2)O[C@@H]2O[C@](C)(OO)CC[C@@H]3[C@@H]2[C@H]1CC[C@H]3C. The molecule has 160 valence electrons. The average molecular weight is 399 g/mol. The Balaban J connectivity index is 1.52. The summed E-state index contributed by atoms with van der Waals surface area (Å²) < 4.78 is 17.9. The van der Waals surface area contributed by atoms with Gasteiger partial charge < -0.3 is 24.2 Å². The fourth-order valence-electron chi connectivity index (χ4n) is 5.72. The monoisotopic (exact) mass is 399 g/mol. The van der Waals surface area contributed by atoms with Gasteiger partial charge >= 0.3 is 6.09 Å². The standard InChI is InChI=1S/C20H33NO7/c1-11-5-6-14-12(2)16(26-18(22)21-9-19(3,23)10-21)25-17-15(14)13(11)7-8-20(4,27-17)28-24/h11-17,23-24H,5-10H2,1-4H3/t11-,12-,13+,14+,15-,16-,17-,20-/m1/s1. The lowest BCUT2D eigenvalue weighted by atomic mass is 9.61. The fourth-order valence-corrected chi connectivity index (χ4v) is 5.72. The molecule has 28 heavy (non-hydrogen) atoms. The van der Waals surface area contributed by atoms with Crippen molar-refractivity contribution in [2.75, 3.05) is 13.1 Å². The van der Waals surface area contributed by atoms with E-state index in [1.807, 2.05) is 0 Å². The predicted octanol–water partition coefficient (Wildman–Crippen LogP) is 2.80. The molecule has 3 heterocycles. The molecule has 0 radical (unpaired) electrons. The summed E-state index contributed by atoms with van der Waals surface area (Å²) in [6.45, 7) is 8.27. The van der Waals surface area contributed by atoms with Crippen molar-refractivity contribution in [1.82, 2.24) is 4.90 Å². The van der Waals surface area contributed by atoms with Crippen molar-refractivity contribution in [3.05, 3.63) is 0 Å². The first-order valence-electron chi connectivity index (χ1n) is 10.5. The van der Waals surface area contributed by atoms with Crippen molar-refractivity contribution < 1.29 is 34.3 Å². The van der Waals surface area contributed by atoms with Gasteiger partial charge in [-0.15, -0.1) is 0 Å². The fraction of sp³-hybridized carbons (Fsp3) is 0.950. The third-order valence-corrected chi connectivity index (χ3v) is 7.39. The van der Waals surface area contributed by atoms with Crippen LogP contribution in [-0.4, -0.2) is 58.4 Å². The zero-order valence-corrected chi connectivity index (χ0v) is 17.2. The molecule has 0 aromatic heterocycles. The molecule has 4 rings (SSSR count). The average Bonchev–Trinajstić information content (AvgIpc) is 2.76. The van der Waals surface area contributed by atoms with Crippen LogP contribution < -0.4 is 0 Å². The maximum atomic E-state index is 12.5. The first-order chi connectivity index (χ1) is 13.1. The molecule has 8 heteroatoms. The molecule has 0 bridgehead atoms. The second-order valence-corrected chi connectivity index (χ2v) is 9.81. The van der Waals surface area contributed by atoms with E-state index in [2.05, 4.69) is 18.7 Å². The Morgan fingerprint density at radius 1 is 1.14 bits per heavy atom. The maximum absolute atomic E-state index is 12.5. The van der Waals surface area contributed by atoms with E-state index in [0.717, 1.165) is 19.3 Å². The Morgan fingerprint density at radius 3 is 2.50 bits per heavy atom. The number of carbonyl (C=O) groups is 1. The molecule has 4 aliphatic rings. The molecular formula is C20H33NO7. The number of carbonyl (C=O) groups excluding carboxylic acids is 1. The second-order valence-electron chi connectivity index (χ2n) is 9.81. The molecule has 2 N–H and O–H groups in total. The molecule has 3 saturated heterocycles. The number of nitrogens with zero attached hydrogens (tertiary/aromatic N) is 1. The summed E-state index contributed by atoms with van der Waals surface area (Å²) >= 11 is 0. The van der Waals surface area contributed by atoms with E-state index >= 15 is 0 Å². The number of rotatable bonds is 2. The van der Waals surface area contributed by atoms with Crippen molar-refractivity contribution in [3.8, 4) is 0 Å². The topological polar surface area (TPSA) is 97.7 Å². The quantitative estimate of drug-likeness (QED) is 0.544. The van der Waals surface area contributed by atoms with Crippen LogP contribution in [-0.2, 0) is 19.1 Å². The van der Waals surface area contributed by atoms with Crippen molar-refractivity contribution in [2.24, 2.45) is 29.6 Å². The van der Waals surface area contributed by atoms with E-state index in [1.54, 1.807) is 13.8 Å². The largest absolute Gasteiger partial charge is 0.419 e. The number of β-amino-alcohol motifs (C(OH)–C–C–N with tert-alkyl or cyclic N) is 1. The third-order valence-electron chi connectivity index (χ3n) is 7.39. The first kappa shape index (κ1) is 20.3. The van der Waals surface area contributed by atoms with Gasteiger partial charge in [-0.25, -0.2) is 14.9 Å². The van der Waals surface area contributed by atoms with Crippen LogP contribution in [0, 0.1) is 29.6 Å². The van der Waals surface area contributed by atoms with E-state index in [9.17, 15) is 15.2 Å². The number of hydrogen-bond acceptors (Lipinski definition) is 7. The smallest absolute Gasteiger partial charge is 0.412 e. The number of ether oxygens (including phenoxy) is 3. The molecular weight excluding hydrogens is 366 g/mol. The van der Waals surface area contributed by atoms with E-state index < -0.39 is 30.1 Å². The van der Waals surface area contributed by atoms with Gasteiger partial charge in [-0.3, -0.25) is 0 Å². The molecule has 1 aliphatic carbocycles. The maximum Gasteiger partial charge on any atom is 0.412 e. The van der Waals surface area contributed by atoms with Gasteiger partial charge in [-0.1, -0.05) is 20.3 Å². The minimum absolute atomic E-state index is 0.0463. The van der Waals surface area contributed by atoms with Gasteiger partial charge in [0.1, 0.15) is 0 Å². The van der Waals surface area contributed by atoms with Gasteiger partial charge in [0.2, 0.25) is 12.1 Å². The third kappa shape index (κ3) is 3.54. The lowest BCUT2D eigenvalue weighted by molar-refractivity contribution is -0.442. The zero-order valence-electron chi connectivity index (χ0n) is 17.2. The summed E-state index contributed by atoms with van der Waals surface area (Å²) in [5.41, 5.74) is -0.847. The highest BCUT2D eigenvalue weighted by molar-refractivity contribution is 5.69. The summed E-state index contributed by atoms with van der Waals surface area (Å²) in [4.78, 5) is 18.6. The molecule has 0 aromatic rings. The van der Waals surface area contributed by atoms with Crippen molar-refractivity contribution >= 4 is 6.09 Å².